The topological polar surface area (TPSA) is 242 Å². The lowest BCUT2D eigenvalue weighted by molar-refractivity contribution is -0.142. The normalized spacial score (nSPS) is 15.0. The summed E-state index contributed by atoms with van der Waals surface area (Å²) in [5, 5.41) is 32.7. The number of carboxylic acid groups (broad SMARTS) is 3. The summed E-state index contributed by atoms with van der Waals surface area (Å²) in [5.74, 6) is -3.81. The Kier molecular flexibility index (Phi) is 23.9. The Morgan fingerprint density at radius 3 is 1.11 bits per heavy atom. The molecule has 264 valence electrons. The van der Waals surface area contributed by atoms with E-state index in [9.17, 15) is 33.6 Å². The van der Waals surface area contributed by atoms with Gasteiger partial charge in [-0.15, -0.1) is 0 Å². The second kappa shape index (κ2) is 21.6. The number of hydrogen-bond donors (Lipinski definition) is 11. The third-order valence-corrected chi connectivity index (χ3v) is 6.98. The van der Waals surface area contributed by atoms with Crippen LogP contribution in [0.2, 0.25) is 0 Å². The van der Waals surface area contributed by atoms with Crippen LogP contribution < -0.4 is 21.7 Å². The van der Waals surface area contributed by atoms with E-state index in [2.05, 4.69) is 66.5 Å². The molecule has 18 heteroatoms. The van der Waals surface area contributed by atoms with Gasteiger partial charge in [0.1, 0.15) is 24.2 Å². The number of aliphatic carboxylic acids is 3. The summed E-state index contributed by atoms with van der Waals surface area (Å²) < 4.78 is -2.65. The minimum Gasteiger partial charge on any atom is -0.480 e. The van der Waals surface area contributed by atoms with Gasteiger partial charge in [-0.25, -0.2) is 9.59 Å². The third kappa shape index (κ3) is 24.7. The highest BCUT2D eigenvalue weighted by Gasteiger charge is 2.34. The molecule has 0 saturated heterocycles. The van der Waals surface area contributed by atoms with E-state index in [0.29, 0.717) is 6.41 Å². The van der Waals surface area contributed by atoms with Crippen LogP contribution in [0.15, 0.2) is 0 Å². The van der Waals surface area contributed by atoms with Gasteiger partial charge in [0, 0.05) is 32.8 Å². The summed E-state index contributed by atoms with van der Waals surface area (Å²) in [6.45, 7) is 17.7. The van der Waals surface area contributed by atoms with Crippen molar-refractivity contribution < 1.29 is 48.9 Å². The Morgan fingerprint density at radius 2 is 1.00 bits per heavy atom. The first-order valence-electron chi connectivity index (χ1n) is 13.4. The van der Waals surface area contributed by atoms with E-state index in [0.717, 1.165) is 6.42 Å². The van der Waals surface area contributed by atoms with Gasteiger partial charge in [0.25, 0.3) is 0 Å². The third-order valence-electron chi connectivity index (χ3n) is 5.61. The average Bonchev–Trinajstić information content (AvgIpc) is 2.82. The molecule has 0 aliphatic rings. The monoisotopic (exact) mass is 720 g/mol. The zero-order valence-electron chi connectivity index (χ0n) is 27.7. The smallest absolute Gasteiger partial charge is 0.327 e. The van der Waals surface area contributed by atoms with Gasteiger partial charge in [-0.1, -0.05) is 6.92 Å². The fraction of sp³-hybridized carbons (Fsp3) is 0.741. The molecule has 0 aliphatic heterocycles. The quantitative estimate of drug-likeness (QED) is 0.0961. The highest BCUT2D eigenvalue weighted by atomic mass is 32.1. The van der Waals surface area contributed by atoms with E-state index in [-0.39, 0.29) is 17.6 Å². The van der Waals surface area contributed by atoms with Crippen LogP contribution in [0, 0.1) is 0 Å². The van der Waals surface area contributed by atoms with Crippen LogP contribution in [0.1, 0.15) is 82.6 Å². The molecule has 0 fully saturated rings. The Bertz CT molecular complexity index is 1010. The standard InChI is InChI=1S/C9H17NO2S.C7H13NO3S.C6H11NO3S.C5H11NO2S/c1-5-9(4,13)8(6(2)11)10-7(3)12;1-4(9)8-5(6(10)11)7(2,3)12;1-6(2,11)4(5(9)10)7-3-8;1-5(2,9)3(6)4(7)8/h8,13H,5H2,1-4H3,(H,10,12);5,12H,1-3H3,(H,8,9)(H,10,11);3-4,11H,1-2H3,(H,7,8)(H,9,10);3,9H,6H2,1-2H3,(H,7,8). The number of hydrogen-bond acceptors (Lipinski definition) is 12. The van der Waals surface area contributed by atoms with Gasteiger partial charge in [-0.05, 0) is 61.8 Å². The lowest BCUT2D eigenvalue weighted by atomic mass is 9.95. The van der Waals surface area contributed by atoms with Crippen molar-refractivity contribution in [2.45, 2.75) is 126 Å². The van der Waals surface area contributed by atoms with Crippen molar-refractivity contribution in [1.29, 1.82) is 0 Å². The van der Waals surface area contributed by atoms with Crippen LogP contribution >= 0.6 is 50.5 Å². The number of amides is 3. The Balaban J connectivity index is -0.000000251. The fourth-order valence-electron chi connectivity index (χ4n) is 2.79. The molecule has 0 bridgehead atoms. The molecule has 45 heavy (non-hydrogen) atoms. The van der Waals surface area contributed by atoms with Gasteiger partial charge < -0.3 is 37.0 Å². The molecule has 0 aromatic rings. The molecule has 5 atom stereocenters. The number of rotatable bonds is 13. The van der Waals surface area contributed by atoms with Gasteiger partial charge >= 0.3 is 17.9 Å². The highest BCUT2D eigenvalue weighted by molar-refractivity contribution is 7.82. The molecule has 0 aliphatic carbocycles. The first kappa shape index (κ1) is 49.7. The molecule has 0 heterocycles. The first-order valence-corrected chi connectivity index (χ1v) is 15.2. The molecule has 0 saturated carbocycles. The number of carboxylic acids is 3. The number of carbonyl (C=O) groups excluding carboxylic acids is 4. The second-order valence-corrected chi connectivity index (χ2v) is 16.2. The van der Waals surface area contributed by atoms with Crippen LogP contribution in [0.3, 0.4) is 0 Å². The molecule has 0 rings (SSSR count). The summed E-state index contributed by atoms with van der Waals surface area (Å²) in [5.41, 5.74) is 5.22. The molecule has 0 spiro atoms. The Labute approximate surface area is 287 Å². The number of nitrogens with one attached hydrogen (secondary N) is 3. The van der Waals surface area contributed by atoms with Crippen LogP contribution in [-0.2, 0) is 33.6 Å². The molecular formula is C27H52N4O10S4. The molecule has 3 amide bonds. The van der Waals surface area contributed by atoms with Crippen LogP contribution in [0.25, 0.3) is 0 Å². The molecule has 0 aromatic heterocycles. The first-order chi connectivity index (χ1) is 19.8. The minimum absolute atomic E-state index is 0.0606. The maximum atomic E-state index is 11.2. The van der Waals surface area contributed by atoms with Crippen molar-refractivity contribution in [2.24, 2.45) is 5.73 Å². The predicted molar refractivity (Wildman–Crippen MR) is 187 cm³/mol. The van der Waals surface area contributed by atoms with E-state index in [1.54, 1.807) is 41.5 Å². The molecule has 14 nitrogen and oxygen atoms in total. The van der Waals surface area contributed by atoms with Gasteiger partial charge in [0.15, 0.2) is 5.78 Å². The van der Waals surface area contributed by atoms with Gasteiger partial charge in [0.05, 0.1) is 0 Å². The fourth-order valence-corrected chi connectivity index (χ4v) is 3.51. The summed E-state index contributed by atoms with van der Waals surface area (Å²) in [4.78, 5) is 73.9. The zero-order chi connectivity index (χ0) is 37.3. The van der Waals surface area contributed by atoms with E-state index in [1.165, 1.54) is 20.8 Å². The predicted octanol–water partition coefficient (Wildman–Crippen LogP) is 1.46. The maximum Gasteiger partial charge on any atom is 0.327 e. The molecular weight excluding hydrogens is 669 g/mol. The number of carbonyl (C=O) groups is 7. The summed E-state index contributed by atoms with van der Waals surface area (Å²) in [7, 11) is 0. The van der Waals surface area contributed by atoms with Crippen molar-refractivity contribution in [3.63, 3.8) is 0 Å². The largest absolute Gasteiger partial charge is 0.480 e. The van der Waals surface area contributed by atoms with Crippen LogP contribution in [0.4, 0.5) is 0 Å². The zero-order valence-corrected chi connectivity index (χ0v) is 31.2. The van der Waals surface area contributed by atoms with Crippen molar-refractivity contribution in [1.82, 2.24) is 16.0 Å². The molecule has 5 unspecified atom stereocenters. The van der Waals surface area contributed by atoms with E-state index in [1.807, 2.05) is 13.8 Å². The lowest BCUT2D eigenvalue weighted by Gasteiger charge is -2.30. The van der Waals surface area contributed by atoms with Gasteiger partial charge in [-0.2, -0.15) is 50.5 Å². The number of nitrogens with two attached hydrogens (primary N) is 1. The van der Waals surface area contributed by atoms with Crippen molar-refractivity contribution >= 4 is 92.4 Å². The summed E-state index contributed by atoms with van der Waals surface area (Å²) in [6.07, 6.45) is 1.08. The van der Waals surface area contributed by atoms with Crippen LogP contribution in [0.5, 0.6) is 0 Å². The van der Waals surface area contributed by atoms with E-state index >= 15 is 0 Å². The van der Waals surface area contributed by atoms with E-state index in [4.69, 9.17) is 21.1 Å². The summed E-state index contributed by atoms with van der Waals surface area (Å²) in [6, 6.07) is -3.32. The summed E-state index contributed by atoms with van der Waals surface area (Å²) >= 11 is 16.4. The van der Waals surface area contributed by atoms with Gasteiger partial charge in [-0.3, -0.25) is 24.0 Å². The maximum absolute atomic E-state index is 11.2. The molecule has 0 aromatic carbocycles. The molecule has 0 radical (unpaired) electrons. The Hall–Kier alpha value is -2.15. The van der Waals surface area contributed by atoms with Crippen molar-refractivity contribution in [3.05, 3.63) is 0 Å². The molecule has 8 N–H and O–H groups in total. The van der Waals surface area contributed by atoms with Crippen molar-refractivity contribution in [3.8, 4) is 0 Å². The van der Waals surface area contributed by atoms with E-state index < -0.39 is 61.1 Å². The SMILES string of the molecule is CC(=O)NC(C(=O)O)C(C)(C)S.CC(C)(S)C(N)C(=O)O.CC(C)(S)C(NC=O)C(=O)O.CCC(C)(S)C(NC(C)=O)C(C)=O. The van der Waals surface area contributed by atoms with Crippen LogP contribution in [-0.4, -0.2) is 100 Å². The average molecular weight is 721 g/mol. The Morgan fingerprint density at radius 1 is 0.667 bits per heavy atom. The van der Waals surface area contributed by atoms with Gasteiger partial charge in [0.2, 0.25) is 18.2 Å². The lowest BCUT2D eigenvalue weighted by Crippen LogP contribution is -2.51. The minimum atomic E-state index is -1.09. The second-order valence-electron chi connectivity index (χ2n) is 11.8. The number of ketones is 1. The number of Topliss-reactive ketones (excluding diaryl/α,β-unsaturated/α-hetero) is 1. The van der Waals surface area contributed by atoms with Crippen molar-refractivity contribution in [2.75, 3.05) is 0 Å². The number of thiol groups is 4. The highest BCUT2D eigenvalue weighted by Crippen LogP contribution is 2.23.